The molecule has 2 aliphatic rings. The number of rotatable bonds is 6. The van der Waals surface area contributed by atoms with E-state index < -0.39 is 20.0 Å². The summed E-state index contributed by atoms with van der Waals surface area (Å²) in [5, 5.41) is 0. The second-order valence-corrected chi connectivity index (χ2v) is 15.6. The average Bonchev–Trinajstić information content (AvgIpc) is 3.17. The molecule has 0 radical (unpaired) electrons. The van der Waals surface area contributed by atoms with Gasteiger partial charge in [-0.2, -0.15) is 8.61 Å². The fourth-order valence-electron chi connectivity index (χ4n) is 5.41. The molecule has 40 heavy (non-hydrogen) atoms. The van der Waals surface area contributed by atoms with Gasteiger partial charge in [-0.3, -0.25) is 9.13 Å². The van der Waals surface area contributed by atoms with Crippen LogP contribution >= 0.6 is 0 Å². The van der Waals surface area contributed by atoms with E-state index >= 15 is 0 Å². The highest BCUT2D eigenvalue weighted by atomic mass is 32.2. The smallest absolute Gasteiger partial charge is 0.330 e. The van der Waals surface area contributed by atoms with Gasteiger partial charge in [0.1, 0.15) is 0 Å². The van der Waals surface area contributed by atoms with Crippen molar-refractivity contribution in [2.75, 3.05) is 39.4 Å². The van der Waals surface area contributed by atoms with Crippen LogP contribution in [0.3, 0.4) is 0 Å². The highest BCUT2D eigenvalue weighted by Crippen LogP contribution is 2.31. The third-order valence-corrected chi connectivity index (χ3v) is 11.3. The minimum atomic E-state index is -3.85. The molecule has 2 aliphatic heterocycles. The molecule has 0 saturated carbocycles. The largest absolute Gasteiger partial charge is 0.379 e. The van der Waals surface area contributed by atoms with E-state index in [9.17, 15) is 21.6 Å². The van der Waals surface area contributed by atoms with Gasteiger partial charge in [0.25, 0.3) is 0 Å². The van der Waals surface area contributed by atoms with Gasteiger partial charge in [0.15, 0.2) is 5.65 Å². The SMILES string of the molecule is Cn1c(=O)n(CC(C)(C)C)c2ccc(C3CCCN(S(=O)(=O)c4ccc(S(=O)(=O)N5CCOCC5)cc4)C3)nc21. The Morgan fingerprint density at radius 1 is 0.900 bits per heavy atom. The van der Waals surface area contributed by atoms with Crippen LogP contribution in [-0.4, -0.2) is 79.0 Å². The fraction of sp³-hybridized carbons (Fsp3) is 0.556. The summed E-state index contributed by atoms with van der Waals surface area (Å²) in [4.78, 5) is 17.9. The van der Waals surface area contributed by atoms with Gasteiger partial charge in [0, 0.05) is 51.4 Å². The number of sulfonamides is 2. The van der Waals surface area contributed by atoms with Gasteiger partial charge in [0.2, 0.25) is 20.0 Å². The standard InChI is InChI=1S/C27H37N5O6S2/c1-27(2,3)19-32-24-12-11-23(28-25(24)29(4)26(32)33)20-6-5-13-31(18-20)40(36,37)22-9-7-21(8-10-22)39(34,35)30-14-16-38-17-15-30/h7-12,20H,5-6,13-19H2,1-4H3. The lowest BCUT2D eigenvalue weighted by molar-refractivity contribution is 0.0730. The van der Waals surface area contributed by atoms with Crippen molar-refractivity contribution in [1.82, 2.24) is 22.7 Å². The molecule has 1 aromatic carbocycles. The lowest BCUT2D eigenvalue weighted by Gasteiger charge is -2.31. The molecule has 11 nitrogen and oxygen atoms in total. The van der Waals surface area contributed by atoms with Crippen molar-refractivity contribution in [3.63, 3.8) is 0 Å². The molecule has 0 N–H and O–H groups in total. The van der Waals surface area contributed by atoms with Crippen LogP contribution in [0.5, 0.6) is 0 Å². The zero-order valence-corrected chi connectivity index (χ0v) is 25.0. The number of aromatic nitrogens is 3. The Hall–Kier alpha value is -2.58. The molecule has 2 saturated heterocycles. The normalized spacial score (nSPS) is 20.2. The molecule has 1 atom stereocenters. The maximum absolute atomic E-state index is 13.6. The van der Waals surface area contributed by atoms with Gasteiger partial charge >= 0.3 is 5.69 Å². The number of imidazole rings is 1. The summed E-state index contributed by atoms with van der Waals surface area (Å²) in [7, 11) is -5.85. The third-order valence-electron chi connectivity index (χ3n) is 7.51. The fourth-order valence-corrected chi connectivity index (χ4v) is 8.34. The molecule has 13 heteroatoms. The minimum Gasteiger partial charge on any atom is -0.379 e. The molecular formula is C27H37N5O6S2. The number of benzene rings is 1. The topological polar surface area (TPSA) is 124 Å². The zero-order chi connectivity index (χ0) is 28.9. The first-order valence-electron chi connectivity index (χ1n) is 13.5. The van der Waals surface area contributed by atoms with E-state index in [1.54, 1.807) is 16.2 Å². The number of fused-ring (bicyclic) bond motifs is 1. The summed E-state index contributed by atoms with van der Waals surface area (Å²) in [6.45, 7) is 8.63. The van der Waals surface area contributed by atoms with Crippen molar-refractivity contribution in [3.05, 3.63) is 52.6 Å². The van der Waals surface area contributed by atoms with Crippen LogP contribution in [0.2, 0.25) is 0 Å². The molecule has 0 aliphatic carbocycles. The van der Waals surface area contributed by atoms with Gasteiger partial charge < -0.3 is 4.74 Å². The number of aryl methyl sites for hydroxylation is 1. The van der Waals surface area contributed by atoms with E-state index in [1.165, 1.54) is 32.9 Å². The predicted molar refractivity (Wildman–Crippen MR) is 151 cm³/mol. The van der Waals surface area contributed by atoms with Crippen molar-refractivity contribution in [1.29, 1.82) is 0 Å². The number of ether oxygens (including phenoxy) is 1. The van der Waals surface area contributed by atoms with Gasteiger partial charge in [-0.25, -0.2) is 26.6 Å². The molecular weight excluding hydrogens is 554 g/mol. The third kappa shape index (κ3) is 5.49. The van der Waals surface area contributed by atoms with E-state index in [0.717, 1.165) is 17.6 Å². The van der Waals surface area contributed by atoms with Gasteiger partial charge in [0.05, 0.1) is 28.5 Å². The Bertz CT molecular complexity index is 1660. The molecule has 4 heterocycles. The summed E-state index contributed by atoms with van der Waals surface area (Å²) in [5.74, 6) is -0.130. The van der Waals surface area contributed by atoms with Crippen LogP contribution in [0.15, 0.2) is 51.0 Å². The zero-order valence-electron chi connectivity index (χ0n) is 23.4. The monoisotopic (exact) mass is 591 g/mol. The number of nitrogens with zero attached hydrogens (tertiary/aromatic N) is 5. The van der Waals surface area contributed by atoms with E-state index in [2.05, 4.69) is 20.8 Å². The van der Waals surface area contributed by atoms with Crippen LogP contribution in [-0.2, 0) is 38.4 Å². The summed E-state index contributed by atoms with van der Waals surface area (Å²) in [5.41, 5.74) is 1.90. The lowest BCUT2D eigenvalue weighted by Crippen LogP contribution is -2.40. The molecule has 5 rings (SSSR count). The molecule has 2 fully saturated rings. The first-order valence-corrected chi connectivity index (χ1v) is 16.4. The van der Waals surface area contributed by atoms with E-state index in [-0.39, 0.29) is 46.4 Å². The first-order chi connectivity index (χ1) is 18.8. The number of piperidine rings is 1. The Balaban J connectivity index is 1.37. The van der Waals surface area contributed by atoms with Gasteiger partial charge in [-0.15, -0.1) is 0 Å². The molecule has 0 spiro atoms. The van der Waals surface area contributed by atoms with Crippen molar-refractivity contribution < 1.29 is 21.6 Å². The van der Waals surface area contributed by atoms with Crippen molar-refractivity contribution >= 4 is 31.2 Å². The Labute approximate surface area is 235 Å². The minimum absolute atomic E-state index is 0.0548. The average molecular weight is 592 g/mol. The molecule has 2 aromatic heterocycles. The maximum atomic E-state index is 13.6. The molecule has 3 aromatic rings. The summed E-state index contributed by atoms with van der Waals surface area (Å²) < 4.78 is 64.3. The predicted octanol–water partition coefficient (Wildman–Crippen LogP) is 2.37. The van der Waals surface area contributed by atoms with Crippen molar-refractivity contribution in [3.8, 4) is 0 Å². The first kappa shape index (κ1) is 28.9. The number of hydrogen-bond acceptors (Lipinski definition) is 7. The molecule has 0 amide bonds. The van der Waals surface area contributed by atoms with E-state index in [4.69, 9.17) is 9.72 Å². The van der Waals surface area contributed by atoms with Crippen LogP contribution in [0.1, 0.15) is 45.2 Å². The van der Waals surface area contributed by atoms with E-state index in [1.807, 2.05) is 12.1 Å². The Morgan fingerprint density at radius 2 is 1.50 bits per heavy atom. The second-order valence-electron chi connectivity index (χ2n) is 11.8. The van der Waals surface area contributed by atoms with Crippen LogP contribution in [0.25, 0.3) is 11.2 Å². The van der Waals surface area contributed by atoms with E-state index in [0.29, 0.717) is 38.4 Å². The quantitative estimate of drug-likeness (QED) is 0.431. The highest BCUT2D eigenvalue weighted by Gasteiger charge is 2.33. The van der Waals surface area contributed by atoms with Gasteiger partial charge in [-0.05, 0) is 54.7 Å². The Kier molecular flexibility index (Phi) is 7.72. The summed E-state index contributed by atoms with van der Waals surface area (Å²) >= 11 is 0. The Morgan fingerprint density at radius 3 is 2.10 bits per heavy atom. The van der Waals surface area contributed by atoms with Crippen LogP contribution in [0.4, 0.5) is 0 Å². The maximum Gasteiger partial charge on any atom is 0.330 e. The lowest BCUT2D eigenvalue weighted by atomic mass is 9.95. The second kappa shape index (κ2) is 10.7. The molecule has 1 unspecified atom stereocenters. The number of hydrogen-bond donors (Lipinski definition) is 0. The molecule has 0 bridgehead atoms. The number of pyridine rings is 1. The van der Waals surface area contributed by atoms with Crippen molar-refractivity contribution in [2.45, 2.75) is 55.9 Å². The summed E-state index contributed by atoms with van der Waals surface area (Å²) in [6, 6.07) is 9.25. The number of morpholine rings is 1. The van der Waals surface area contributed by atoms with Gasteiger partial charge in [-0.1, -0.05) is 20.8 Å². The molecule has 218 valence electrons. The highest BCUT2D eigenvalue weighted by molar-refractivity contribution is 7.89. The van der Waals surface area contributed by atoms with Crippen LogP contribution < -0.4 is 5.69 Å². The van der Waals surface area contributed by atoms with Crippen LogP contribution in [0, 0.1) is 5.41 Å². The van der Waals surface area contributed by atoms with Crippen molar-refractivity contribution in [2.24, 2.45) is 12.5 Å². The summed E-state index contributed by atoms with van der Waals surface area (Å²) in [6.07, 6.45) is 1.44.